The molecule has 0 aliphatic carbocycles. The van der Waals surface area contributed by atoms with Crippen LogP contribution >= 0.6 is 0 Å². The molecule has 2 N–H and O–H groups in total. The Kier molecular flexibility index (Phi) is 5.75. The summed E-state index contributed by atoms with van der Waals surface area (Å²) < 4.78 is 61.6. The number of hydrogen-bond donors (Lipinski definition) is 2. The van der Waals surface area contributed by atoms with Crippen LogP contribution in [0.15, 0.2) is 46.3 Å². The van der Waals surface area contributed by atoms with Crippen molar-refractivity contribution in [1.29, 1.82) is 0 Å². The van der Waals surface area contributed by atoms with Crippen molar-refractivity contribution in [2.24, 2.45) is 10.9 Å². The first kappa shape index (κ1) is 20.7. The fourth-order valence-corrected chi connectivity index (χ4v) is 5.18. The predicted molar refractivity (Wildman–Crippen MR) is 110 cm³/mol. The van der Waals surface area contributed by atoms with Gasteiger partial charge in [-0.25, -0.2) is 26.9 Å². The Morgan fingerprint density at radius 1 is 1.20 bits per heavy atom. The number of benzene rings is 2. The van der Waals surface area contributed by atoms with Crippen molar-refractivity contribution >= 4 is 21.7 Å². The third-order valence-corrected chi connectivity index (χ3v) is 7.04. The predicted octanol–water partition coefficient (Wildman–Crippen LogP) is 3.75. The minimum absolute atomic E-state index is 0.0116. The van der Waals surface area contributed by atoms with Gasteiger partial charge in [0.15, 0.2) is 0 Å². The van der Waals surface area contributed by atoms with Crippen LogP contribution in [0.1, 0.15) is 36.8 Å². The van der Waals surface area contributed by atoms with Gasteiger partial charge in [0.1, 0.15) is 16.5 Å². The van der Waals surface area contributed by atoms with Crippen molar-refractivity contribution in [3.63, 3.8) is 0 Å². The summed E-state index contributed by atoms with van der Waals surface area (Å²) in [6, 6.07) is 8.34. The molecule has 2 aliphatic heterocycles. The Balaban J connectivity index is 1.69. The van der Waals surface area contributed by atoms with Gasteiger partial charge in [-0.1, -0.05) is 19.1 Å². The zero-order valence-corrected chi connectivity index (χ0v) is 17.3. The van der Waals surface area contributed by atoms with E-state index < -0.39 is 21.7 Å². The first-order valence-electron chi connectivity index (χ1n) is 9.84. The molecule has 0 spiro atoms. The maximum Gasteiger partial charge on any atom is 0.266 e. The molecule has 0 aromatic heterocycles. The van der Waals surface area contributed by atoms with Gasteiger partial charge in [0.05, 0.1) is 12.2 Å². The van der Waals surface area contributed by atoms with Crippen LogP contribution in [-0.2, 0) is 21.3 Å². The summed E-state index contributed by atoms with van der Waals surface area (Å²) in [4.78, 5) is 4.23. The number of anilines is 1. The SMILES string of the molecule is C[C@@H](c1c(F)ccc2c1NC(=NCc1cccc(F)c1)NS2(=O)=O)C1CCOCC1. The van der Waals surface area contributed by atoms with E-state index >= 15 is 0 Å². The zero-order chi connectivity index (χ0) is 21.3. The Hall–Kier alpha value is -2.52. The van der Waals surface area contributed by atoms with Gasteiger partial charge in [-0.05, 0) is 54.5 Å². The Bertz CT molecular complexity index is 1080. The lowest BCUT2D eigenvalue weighted by atomic mass is 9.81. The second kappa shape index (κ2) is 8.31. The fraction of sp³-hybridized carbons (Fsp3) is 0.381. The van der Waals surface area contributed by atoms with E-state index in [2.05, 4.69) is 15.0 Å². The first-order valence-corrected chi connectivity index (χ1v) is 11.3. The quantitative estimate of drug-likeness (QED) is 0.767. The Morgan fingerprint density at radius 2 is 1.97 bits per heavy atom. The topological polar surface area (TPSA) is 79.8 Å². The summed E-state index contributed by atoms with van der Waals surface area (Å²) in [6.45, 7) is 3.20. The summed E-state index contributed by atoms with van der Waals surface area (Å²) in [7, 11) is -3.92. The molecule has 160 valence electrons. The number of ether oxygens (including phenoxy) is 1. The molecular formula is C21H23F2N3O3S. The lowest BCUT2D eigenvalue weighted by molar-refractivity contribution is 0.0593. The van der Waals surface area contributed by atoms with Crippen LogP contribution in [0.4, 0.5) is 14.5 Å². The number of halogens is 2. The van der Waals surface area contributed by atoms with Gasteiger partial charge in [-0.15, -0.1) is 0 Å². The summed E-state index contributed by atoms with van der Waals surface area (Å²) in [6.07, 6.45) is 1.57. The van der Waals surface area contributed by atoms with Crippen molar-refractivity contribution in [2.45, 2.75) is 37.1 Å². The standard InChI is InChI=1S/C21H23F2N3O3S/c1-13(15-7-9-29-10-8-15)19-17(23)5-6-18-20(19)25-21(26-30(18,27)28)24-12-14-3-2-4-16(22)11-14/h2-6,11,13,15H,7-10,12H2,1H3,(H2,24,25,26)/t13-/m1/s1. The van der Waals surface area contributed by atoms with Gasteiger partial charge in [0.2, 0.25) is 5.96 Å². The molecule has 0 unspecified atom stereocenters. The number of aliphatic imine (C=N–C) groups is 1. The van der Waals surface area contributed by atoms with Gasteiger partial charge in [0.25, 0.3) is 10.0 Å². The maximum atomic E-state index is 14.9. The van der Waals surface area contributed by atoms with Crippen molar-refractivity contribution in [2.75, 3.05) is 18.5 Å². The summed E-state index contributed by atoms with van der Waals surface area (Å²) in [5.74, 6) is -0.884. The van der Waals surface area contributed by atoms with Crippen LogP contribution < -0.4 is 10.0 Å². The van der Waals surface area contributed by atoms with Gasteiger partial charge >= 0.3 is 0 Å². The Labute approximate surface area is 174 Å². The zero-order valence-electron chi connectivity index (χ0n) is 16.5. The second-order valence-electron chi connectivity index (χ2n) is 7.60. The van der Waals surface area contributed by atoms with E-state index in [1.165, 1.54) is 24.3 Å². The van der Waals surface area contributed by atoms with Crippen LogP contribution in [0.25, 0.3) is 0 Å². The minimum Gasteiger partial charge on any atom is -0.381 e. The third kappa shape index (κ3) is 4.17. The molecule has 2 heterocycles. The molecule has 1 atom stereocenters. The molecule has 9 heteroatoms. The van der Waals surface area contributed by atoms with Gasteiger partial charge in [-0.3, -0.25) is 0 Å². The highest BCUT2D eigenvalue weighted by atomic mass is 32.2. The number of hydrogen-bond acceptors (Lipinski definition) is 4. The molecule has 2 aromatic rings. The number of guanidine groups is 1. The Morgan fingerprint density at radius 3 is 2.70 bits per heavy atom. The lowest BCUT2D eigenvalue weighted by Crippen LogP contribution is -2.41. The van der Waals surface area contributed by atoms with E-state index in [0.717, 1.165) is 12.8 Å². The van der Waals surface area contributed by atoms with Crippen LogP contribution in [0.3, 0.4) is 0 Å². The normalized spacial score (nSPS) is 20.8. The van der Waals surface area contributed by atoms with Crippen LogP contribution in [-0.4, -0.2) is 27.6 Å². The number of nitrogens with one attached hydrogen (secondary N) is 2. The van der Waals surface area contributed by atoms with E-state index in [4.69, 9.17) is 4.74 Å². The summed E-state index contributed by atoms with van der Waals surface area (Å²) in [5.41, 5.74) is 1.14. The van der Waals surface area contributed by atoms with Crippen molar-refractivity contribution in [3.8, 4) is 0 Å². The van der Waals surface area contributed by atoms with Crippen LogP contribution in [0.5, 0.6) is 0 Å². The molecule has 30 heavy (non-hydrogen) atoms. The van der Waals surface area contributed by atoms with Crippen molar-refractivity contribution < 1.29 is 21.9 Å². The van der Waals surface area contributed by atoms with Crippen molar-refractivity contribution in [3.05, 3.63) is 59.2 Å². The molecule has 1 fully saturated rings. The molecular weight excluding hydrogens is 412 g/mol. The molecule has 4 rings (SSSR count). The molecule has 6 nitrogen and oxygen atoms in total. The lowest BCUT2D eigenvalue weighted by Gasteiger charge is -2.32. The van der Waals surface area contributed by atoms with E-state index in [-0.39, 0.29) is 34.9 Å². The average Bonchev–Trinajstić information content (AvgIpc) is 2.72. The van der Waals surface area contributed by atoms with E-state index in [9.17, 15) is 17.2 Å². The molecule has 0 amide bonds. The van der Waals surface area contributed by atoms with Crippen LogP contribution in [0, 0.1) is 17.6 Å². The minimum atomic E-state index is -3.92. The highest BCUT2D eigenvalue weighted by Gasteiger charge is 2.34. The van der Waals surface area contributed by atoms with Crippen LogP contribution in [0.2, 0.25) is 0 Å². The van der Waals surface area contributed by atoms with Crippen molar-refractivity contribution in [1.82, 2.24) is 4.72 Å². The monoisotopic (exact) mass is 435 g/mol. The van der Waals surface area contributed by atoms with E-state index in [0.29, 0.717) is 24.3 Å². The van der Waals surface area contributed by atoms with Gasteiger partial charge in [-0.2, -0.15) is 0 Å². The molecule has 0 radical (unpaired) electrons. The molecule has 2 aliphatic rings. The maximum absolute atomic E-state index is 14.9. The number of fused-ring (bicyclic) bond motifs is 1. The number of sulfonamides is 1. The third-order valence-electron chi connectivity index (χ3n) is 5.66. The second-order valence-corrected chi connectivity index (χ2v) is 9.25. The fourth-order valence-electron chi connectivity index (χ4n) is 4.03. The first-order chi connectivity index (χ1) is 14.3. The highest BCUT2D eigenvalue weighted by Crippen LogP contribution is 2.40. The molecule has 0 bridgehead atoms. The van der Waals surface area contributed by atoms with E-state index in [1.807, 2.05) is 6.92 Å². The average molecular weight is 435 g/mol. The molecule has 0 saturated carbocycles. The molecule has 1 saturated heterocycles. The van der Waals surface area contributed by atoms with Gasteiger partial charge < -0.3 is 10.1 Å². The van der Waals surface area contributed by atoms with E-state index in [1.54, 1.807) is 12.1 Å². The largest absolute Gasteiger partial charge is 0.381 e. The highest BCUT2D eigenvalue weighted by molar-refractivity contribution is 7.90. The number of rotatable bonds is 4. The summed E-state index contributed by atoms with van der Waals surface area (Å²) >= 11 is 0. The smallest absolute Gasteiger partial charge is 0.266 e. The number of nitrogens with zero attached hydrogens (tertiary/aromatic N) is 1. The van der Waals surface area contributed by atoms with Gasteiger partial charge in [0, 0.05) is 18.8 Å². The molecule has 2 aromatic carbocycles. The summed E-state index contributed by atoms with van der Waals surface area (Å²) in [5, 5.41) is 2.96.